The Kier molecular flexibility index (Phi) is 7.54. The van der Waals surface area contributed by atoms with Gasteiger partial charge in [-0.25, -0.2) is 8.42 Å². The van der Waals surface area contributed by atoms with Gasteiger partial charge < -0.3 is 15.0 Å². The molecule has 4 rings (SSSR count). The molecular formula is C18H36N6O3S. The van der Waals surface area contributed by atoms with Crippen molar-refractivity contribution >= 4 is 16.0 Å². The van der Waals surface area contributed by atoms with Gasteiger partial charge in [0.25, 0.3) is 0 Å². The first-order chi connectivity index (χ1) is 13.4. The van der Waals surface area contributed by atoms with Crippen LogP contribution >= 0.6 is 0 Å². The molecule has 9 nitrogen and oxygen atoms in total. The molecule has 0 spiro atoms. The Morgan fingerprint density at radius 2 is 1.79 bits per heavy atom. The van der Waals surface area contributed by atoms with Gasteiger partial charge >= 0.3 is 0 Å². The Bertz CT molecular complexity index is 625. The predicted molar refractivity (Wildman–Crippen MR) is 111 cm³/mol. The van der Waals surface area contributed by atoms with Crippen LogP contribution in [0, 0.1) is 0 Å². The van der Waals surface area contributed by atoms with E-state index in [0.29, 0.717) is 32.2 Å². The quantitative estimate of drug-likeness (QED) is 0.418. The Balaban J connectivity index is 1.44. The second-order valence-corrected chi connectivity index (χ2v) is 10.1. The van der Waals surface area contributed by atoms with Gasteiger partial charge in [-0.15, -0.1) is 0 Å². The molecule has 1 N–H and O–H groups in total. The van der Waals surface area contributed by atoms with Crippen LogP contribution in [0.5, 0.6) is 0 Å². The summed E-state index contributed by atoms with van der Waals surface area (Å²) in [5.74, 6) is 0.921. The van der Waals surface area contributed by atoms with Crippen molar-refractivity contribution in [3.63, 3.8) is 0 Å². The van der Waals surface area contributed by atoms with Crippen molar-refractivity contribution in [3.05, 3.63) is 0 Å². The smallest absolute Gasteiger partial charge is 0.216 e. The van der Waals surface area contributed by atoms with Crippen LogP contribution in [0.1, 0.15) is 13.8 Å². The minimum atomic E-state index is -3.26. The Morgan fingerprint density at radius 1 is 1.11 bits per heavy atom. The van der Waals surface area contributed by atoms with Gasteiger partial charge in [-0.1, -0.05) is 0 Å². The maximum atomic E-state index is 12.5. The van der Waals surface area contributed by atoms with Gasteiger partial charge in [-0.3, -0.25) is 14.8 Å². The van der Waals surface area contributed by atoms with E-state index in [1.807, 2.05) is 13.8 Å². The number of hydrogen-bond acceptors (Lipinski definition) is 6. The summed E-state index contributed by atoms with van der Waals surface area (Å²) < 4.78 is 32.0. The van der Waals surface area contributed by atoms with Gasteiger partial charge in [0.2, 0.25) is 10.0 Å². The molecule has 4 saturated heterocycles. The molecule has 0 radical (unpaired) electrons. The average Bonchev–Trinajstić information content (AvgIpc) is 2.69. The third kappa shape index (κ3) is 5.56. The molecule has 1 atom stereocenters. The van der Waals surface area contributed by atoms with Crippen molar-refractivity contribution in [2.45, 2.75) is 26.0 Å². The van der Waals surface area contributed by atoms with Crippen molar-refractivity contribution in [3.8, 4) is 0 Å². The monoisotopic (exact) mass is 416 g/mol. The highest BCUT2D eigenvalue weighted by molar-refractivity contribution is 7.89. The van der Waals surface area contributed by atoms with Crippen molar-refractivity contribution in [2.75, 3.05) is 84.9 Å². The average molecular weight is 417 g/mol. The van der Waals surface area contributed by atoms with Gasteiger partial charge in [-0.05, 0) is 13.8 Å². The molecule has 0 aliphatic carbocycles. The lowest BCUT2D eigenvalue weighted by atomic mass is 10.1. The number of guanidine groups is 1. The molecule has 0 amide bonds. The number of fused-ring (bicyclic) bond motifs is 3. The molecule has 4 aliphatic heterocycles. The number of rotatable bonds is 7. The molecule has 4 fully saturated rings. The summed E-state index contributed by atoms with van der Waals surface area (Å²) in [6.45, 7) is 13.1. The first-order valence-corrected chi connectivity index (χ1v) is 12.0. The van der Waals surface area contributed by atoms with E-state index in [9.17, 15) is 8.42 Å². The molecule has 2 bridgehead atoms. The second-order valence-electron chi connectivity index (χ2n) is 8.04. The maximum absolute atomic E-state index is 12.5. The van der Waals surface area contributed by atoms with E-state index >= 15 is 0 Å². The molecule has 0 aromatic carbocycles. The summed E-state index contributed by atoms with van der Waals surface area (Å²) in [5, 5.41) is 3.51. The van der Waals surface area contributed by atoms with Crippen molar-refractivity contribution < 1.29 is 13.2 Å². The van der Waals surface area contributed by atoms with Crippen LogP contribution in [0.25, 0.3) is 0 Å². The molecule has 4 heterocycles. The van der Waals surface area contributed by atoms with Crippen LogP contribution in [0.3, 0.4) is 0 Å². The molecule has 0 aromatic rings. The standard InChI is InChI=1S/C18H36N6O3S/c1-16(2)27-12-13-28(25,26)24-10-8-23(9-11-24)18(19-3)20-14-17-15-21-4-6-22(17)7-5-21/h16-17H,4-15H2,1-3H3,(H,19,20). The summed E-state index contributed by atoms with van der Waals surface area (Å²) >= 11 is 0. The number of ether oxygens (including phenoxy) is 1. The third-order valence-corrected chi connectivity index (χ3v) is 7.66. The molecule has 10 heteroatoms. The molecule has 0 aromatic heterocycles. The zero-order valence-electron chi connectivity index (χ0n) is 17.5. The van der Waals surface area contributed by atoms with Gasteiger partial charge in [0, 0.05) is 78.5 Å². The van der Waals surface area contributed by atoms with E-state index in [4.69, 9.17) is 4.74 Å². The lowest BCUT2D eigenvalue weighted by Crippen LogP contribution is -2.64. The molecule has 0 saturated carbocycles. The van der Waals surface area contributed by atoms with Crippen molar-refractivity contribution in [1.82, 2.24) is 24.3 Å². The SMILES string of the molecule is CN=C(NCC1CN2CCN1CC2)N1CCN(S(=O)(=O)CCOC(C)C)CC1. The van der Waals surface area contributed by atoms with Crippen LogP contribution in [0.2, 0.25) is 0 Å². The summed E-state index contributed by atoms with van der Waals surface area (Å²) in [6, 6.07) is 0.530. The Hall–Kier alpha value is -0.940. The lowest BCUT2D eigenvalue weighted by molar-refractivity contribution is 0.0151. The Morgan fingerprint density at radius 3 is 2.32 bits per heavy atom. The highest BCUT2D eigenvalue weighted by atomic mass is 32.2. The van der Waals surface area contributed by atoms with Crippen molar-refractivity contribution in [2.24, 2.45) is 4.99 Å². The third-order valence-electron chi connectivity index (χ3n) is 5.82. The van der Waals surface area contributed by atoms with Crippen LogP contribution in [0.4, 0.5) is 0 Å². The molecule has 1 unspecified atom stereocenters. The van der Waals surface area contributed by atoms with E-state index < -0.39 is 10.0 Å². The zero-order chi connectivity index (χ0) is 20.1. The largest absolute Gasteiger partial charge is 0.378 e. The van der Waals surface area contributed by atoms with E-state index in [0.717, 1.165) is 32.1 Å². The fourth-order valence-electron chi connectivity index (χ4n) is 4.16. The maximum Gasteiger partial charge on any atom is 0.216 e. The van der Waals surface area contributed by atoms with Gasteiger partial charge in [0.05, 0.1) is 18.5 Å². The Labute approximate surface area is 169 Å². The molecule has 28 heavy (non-hydrogen) atoms. The highest BCUT2D eigenvalue weighted by Gasteiger charge is 2.32. The number of hydrogen-bond donors (Lipinski definition) is 1. The minimum Gasteiger partial charge on any atom is -0.378 e. The summed E-state index contributed by atoms with van der Waals surface area (Å²) in [4.78, 5) is 11.7. The van der Waals surface area contributed by atoms with E-state index in [1.54, 1.807) is 11.4 Å². The fourth-order valence-corrected chi connectivity index (χ4v) is 5.44. The number of nitrogens with zero attached hydrogens (tertiary/aromatic N) is 5. The number of aliphatic imine (C=N–C) groups is 1. The van der Waals surface area contributed by atoms with Crippen LogP contribution < -0.4 is 5.32 Å². The number of piperazine rings is 4. The zero-order valence-corrected chi connectivity index (χ0v) is 18.3. The predicted octanol–water partition coefficient (Wildman–Crippen LogP) is -1.07. The molecule has 4 aliphatic rings. The number of sulfonamides is 1. The lowest BCUT2D eigenvalue weighted by Gasteiger charge is -2.47. The van der Waals surface area contributed by atoms with Gasteiger partial charge in [-0.2, -0.15) is 4.31 Å². The van der Waals surface area contributed by atoms with Crippen LogP contribution in [-0.4, -0.2) is 130 Å². The van der Waals surface area contributed by atoms with Crippen molar-refractivity contribution in [1.29, 1.82) is 0 Å². The number of nitrogens with one attached hydrogen (secondary N) is 1. The minimum absolute atomic E-state index is 0.0478. The van der Waals surface area contributed by atoms with E-state index in [1.165, 1.54) is 13.1 Å². The summed E-state index contributed by atoms with van der Waals surface area (Å²) in [5.41, 5.74) is 0. The van der Waals surface area contributed by atoms with Crippen LogP contribution in [0.15, 0.2) is 4.99 Å². The van der Waals surface area contributed by atoms with Crippen LogP contribution in [-0.2, 0) is 14.8 Å². The van der Waals surface area contributed by atoms with Gasteiger partial charge in [0.1, 0.15) is 0 Å². The molecule has 162 valence electrons. The summed E-state index contributed by atoms with van der Waals surface area (Å²) in [7, 11) is -1.46. The highest BCUT2D eigenvalue weighted by Crippen LogP contribution is 2.15. The topological polar surface area (TPSA) is 80.7 Å². The summed E-state index contributed by atoms with van der Waals surface area (Å²) in [6.07, 6.45) is 0.0500. The fraction of sp³-hybridized carbons (Fsp3) is 0.944. The van der Waals surface area contributed by atoms with E-state index in [2.05, 4.69) is 25.0 Å². The first kappa shape index (κ1) is 21.8. The first-order valence-electron chi connectivity index (χ1n) is 10.4. The second kappa shape index (κ2) is 9.71. The molecular weight excluding hydrogens is 380 g/mol. The van der Waals surface area contributed by atoms with Gasteiger partial charge in [0.15, 0.2) is 5.96 Å². The van der Waals surface area contributed by atoms with E-state index in [-0.39, 0.29) is 18.5 Å². The normalized spacial score (nSPS) is 29.5.